The van der Waals surface area contributed by atoms with E-state index in [9.17, 15) is 9.90 Å². The van der Waals surface area contributed by atoms with Gasteiger partial charge in [0.15, 0.2) is 5.69 Å². The van der Waals surface area contributed by atoms with Crippen LogP contribution >= 0.6 is 23.2 Å². The van der Waals surface area contributed by atoms with Crippen LogP contribution in [0, 0.1) is 6.92 Å². The van der Waals surface area contributed by atoms with Crippen molar-refractivity contribution in [3.05, 3.63) is 57.8 Å². The Bertz CT molecular complexity index is 871. The Morgan fingerprint density at radius 1 is 1.19 bits per heavy atom. The van der Waals surface area contributed by atoms with Gasteiger partial charge in [-0.25, -0.2) is 9.78 Å². The van der Waals surface area contributed by atoms with Gasteiger partial charge in [0.1, 0.15) is 11.3 Å². The summed E-state index contributed by atoms with van der Waals surface area (Å²) in [7, 11) is 0. The molecule has 6 heteroatoms. The van der Waals surface area contributed by atoms with Crippen molar-refractivity contribution in [1.82, 2.24) is 9.38 Å². The second-order valence-corrected chi connectivity index (χ2v) is 5.42. The molecular weight excluding hydrogens is 311 g/mol. The molecule has 0 bridgehead atoms. The summed E-state index contributed by atoms with van der Waals surface area (Å²) in [5, 5.41) is 10.3. The molecule has 0 amide bonds. The van der Waals surface area contributed by atoms with Crippen LogP contribution < -0.4 is 0 Å². The van der Waals surface area contributed by atoms with Gasteiger partial charge < -0.3 is 5.11 Å². The van der Waals surface area contributed by atoms with Gasteiger partial charge in [-0.1, -0.05) is 35.3 Å². The molecule has 0 fully saturated rings. The number of benzene rings is 1. The summed E-state index contributed by atoms with van der Waals surface area (Å²) in [4.78, 5) is 16.1. The van der Waals surface area contributed by atoms with E-state index in [4.69, 9.17) is 23.2 Å². The smallest absolute Gasteiger partial charge is 0.355 e. The van der Waals surface area contributed by atoms with Crippen LogP contribution in [0.3, 0.4) is 0 Å². The molecule has 0 aliphatic heterocycles. The van der Waals surface area contributed by atoms with E-state index in [1.54, 1.807) is 28.7 Å². The van der Waals surface area contributed by atoms with Gasteiger partial charge in [-0.05, 0) is 31.2 Å². The maximum absolute atomic E-state index is 11.7. The Kier molecular flexibility index (Phi) is 3.35. The van der Waals surface area contributed by atoms with Crippen LogP contribution in [-0.2, 0) is 0 Å². The van der Waals surface area contributed by atoms with E-state index in [0.29, 0.717) is 26.9 Å². The topological polar surface area (TPSA) is 54.6 Å². The van der Waals surface area contributed by atoms with E-state index < -0.39 is 5.97 Å². The van der Waals surface area contributed by atoms with Crippen molar-refractivity contribution in [2.24, 2.45) is 0 Å². The number of aromatic nitrogens is 2. The lowest BCUT2D eigenvalue weighted by atomic mass is 10.1. The number of hydrogen-bond acceptors (Lipinski definition) is 2. The molecule has 3 rings (SSSR count). The summed E-state index contributed by atoms with van der Waals surface area (Å²) in [6, 6.07) is 10.4. The zero-order chi connectivity index (χ0) is 15.1. The van der Waals surface area contributed by atoms with Crippen LogP contribution in [0.1, 0.15) is 16.2 Å². The molecular formula is C15H10Cl2N2O2. The number of hydrogen-bond donors (Lipinski definition) is 1. The number of nitrogens with zero attached hydrogens (tertiary/aromatic N) is 2. The molecule has 0 aliphatic carbocycles. The third kappa shape index (κ3) is 2.26. The van der Waals surface area contributed by atoms with Gasteiger partial charge in [-0.2, -0.15) is 0 Å². The first kappa shape index (κ1) is 13.9. The standard InChI is InChI=1S/C15H10Cl2N2O2/c1-8-3-2-4-12-18-13(14(15(20)21)19(8)12)9-5-6-10(16)11(17)7-9/h2-7H,1H3,(H,20,21). The summed E-state index contributed by atoms with van der Waals surface area (Å²) in [6.07, 6.45) is 0. The molecule has 0 atom stereocenters. The maximum atomic E-state index is 11.7. The first-order chi connectivity index (χ1) is 9.99. The molecule has 4 nitrogen and oxygen atoms in total. The Balaban J connectivity index is 2.36. The van der Waals surface area contributed by atoms with Gasteiger partial charge in [0.05, 0.1) is 10.0 Å². The van der Waals surface area contributed by atoms with Gasteiger partial charge in [0.2, 0.25) is 0 Å². The number of pyridine rings is 1. The number of halogens is 2. The maximum Gasteiger partial charge on any atom is 0.355 e. The molecule has 0 radical (unpaired) electrons. The molecule has 0 aliphatic rings. The van der Waals surface area contributed by atoms with Crippen molar-refractivity contribution in [2.45, 2.75) is 6.92 Å². The van der Waals surface area contributed by atoms with E-state index in [-0.39, 0.29) is 5.69 Å². The lowest BCUT2D eigenvalue weighted by Gasteiger charge is -2.04. The molecule has 1 aromatic carbocycles. The predicted molar refractivity (Wildman–Crippen MR) is 82.3 cm³/mol. The normalized spacial score (nSPS) is 11.0. The number of rotatable bonds is 2. The summed E-state index contributed by atoms with van der Waals surface area (Å²) in [5.41, 5.74) is 2.47. The number of carbonyl (C=O) groups is 1. The minimum absolute atomic E-state index is 0.112. The van der Waals surface area contributed by atoms with E-state index in [0.717, 1.165) is 5.69 Å². The third-order valence-electron chi connectivity index (χ3n) is 3.23. The van der Waals surface area contributed by atoms with Crippen LogP contribution in [0.5, 0.6) is 0 Å². The predicted octanol–water partition coefficient (Wildman–Crippen LogP) is 4.31. The van der Waals surface area contributed by atoms with Crippen molar-refractivity contribution in [1.29, 1.82) is 0 Å². The van der Waals surface area contributed by atoms with Gasteiger partial charge in [-0.15, -0.1) is 0 Å². The van der Waals surface area contributed by atoms with Gasteiger partial charge in [0, 0.05) is 11.3 Å². The Labute approximate surface area is 130 Å². The Morgan fingerprint density at radius 2 is 1.95 bits per heavy atom. The van der Waals surface area contributed by atoms with Crippen molar-refractivity contribution < 1.29 is 9.90 Å². The molecule has 3 aromatic rings. The quantitative estimate of drug-likeness (QED) is 0.765. The second kappa shape index (κ2) is 5.06. The van der Waals surface area contributed by atoms with E-state index in [2.05, 4.69) is 4.98 Å². The molecule has 2 aromatic heterocycles. The van der Waals surface area contributed by atoms with Crippen LogP contribution in [0.4, 0.5) is 0 Å². The third-order valence-corrected chi connectivity index (χ3v) is 3.97. The number of imidazole rings is 1. The summed E-state index contributed by atoms with van der Waals surface area (Å²) in [6.45, 7) is 1.83. The molecule has 1 N–H and O–H groups in total. The van der Waals surface area contributed by atoms with Crippen LogP contribution in [0.15, 0.2) is 36.4 Å². The molecule has 2 heterocycles. The highest BCUT2D eigenvalue weighted by molar-refractivity contribution is 6.42. The summed E-state index contributed by atoms with van der Waals surface area (Å²) in [5.74, 6) is -1.04. The monoisotopic (exact) mass is 320 g/mol. The first-order valence-corrected chi connectivity index (χ1v) is 6.91. The second-order valence-electron chi connectivity index (χ2n) is 4.60. The average Bonchev–Trinajstić information content (AvgIpc) is 2.83. The number of fused-ring (bicyclic) bond motifs is 1. The lowest BCUT2D eigenvalue weighted by molar-refractivity contribution is 0.0690. The zero-order valence-corrected chi connectivity index (χ0v) is 12.5. The Hall–Kier alpha value is -2.04. The van der Waals surface area contributed by atoms with Crippen molar-refractivity contribution in [3.8, 4) is 11.3 Å². The summed E-state index contributed by atoms with van der Waals surface area (Å²) < 4.78 is 1.61. The molecule has 0 spiro atoms. The zero-order valence-electron chi connectivity index (χ0n) is 11.0. The van der Waals surface area contributed by atoms with E-state index in [1.165, 1.54) is 0 Å². The highest BCUT2D eigenvalue weighted by Gasteiger charge is 2.21. The number of aryl methyl sites for hydroxylation is 1. The number of carboxylic acids is 1. The van der Waals surface area contributed by atoms with Crippen molar-refractivity contribution in [2.75, 3.05) is 0 Å². The summed E-state index contributed by atoms with van der Waals surface area (Å²) >= 11 is 11.9. The van der Waals surface area contributed by atoms with E-state index >= 15 is 0 Å². The van der Waals surface area contributed by atoms with Gasteiger partial charge in [0.25, 0.3) is 0 Å². The highest BCUT2D eigenvalue weighted by Crippen LogP contribution is 2.31. The SMILES string of the molecule is Cc1cccc2nc(-c3ccc(Cl)c(Cl)c3)c(C(=O)O)n12. The molecule has 21 heavy (non-hydrogen) atoms. The molecule has 0 saturated heterocycles. The minimum Gasteiger partial charge on any atom is -0.476 e. The first-order valence-electron chi connectivity index (χ1n) is 6.16. The highest BCUT2D eigenvalue weighted by atomic mass is 35.5. The lowest BCUT2D eigenvalue weighted by Crippen LogP contribution is -2.05. The largest absolute Gasteiger partial charge is 0.476 e. The van der Waals surface area contributed by atoms with Crippen LogP contribution in [0.2, 0.25) is 10.0 Å². The van der Waals surface area contributed by atoms with E-state index in [1.807, 2.05) is 19.1 Å². The molecule has 0 saturated carbocycles. The number of carboxylic acid groups (broad SMARTS) is 1. The number of aromatic carboxylic acids is 1. The fourth-order valence-electron chi connectivity index (χ4n) is 2.30. The average molecular weight is 321 g/mol. The van der Waals surface area contributed by atoms with Crippen LogP contribution in [-0.4, -0.2) is 20.5 Å². The molecule has 106 valence electrons. The fourth-order valence-corrected chi connectivity index (χ4v) is 2.59. The van der Waals surface area contributed by atoms with Crippen molar-refractivity contribution in [3.63, 3.8) is 0 Å². The van der Waals surface area contributed by atoms with Gasteiger partial charge >= 0.3 is 5.97 Å². The fraction of sp³-hybridized carbons (Fsp3) is 0.0667. The molecule has 0 unspecified atom stereocenters. The van der Waals surface area contributed by atoms with Gasteiger partial charge in [-0.3, -0.25) is 4.40 Å². The minimum atomic E-state index is -1.04. The van der Waals surface area contributed by atoms with Crippen LogP contribution in [0.25, 0.3) is 16.9 Å². The van der Waals surface area contributed by atoms with Crippen molar-refractivity contribution >= 4 is 34.8 Å². The Morgan fingerprint density at radius 3 is 2.62 bits per heavy atom.